The van der Waals surface area contributed by atoms with Gasteiger partial charge in [-0.3, -0.25) is 0 Å². The highest BCUT2D eigenvalue weighted by molar-refractivity contribution is 6.03. The maximum atomic E-state index is 11.7. The molecule has 116 valence electrons. The first-order valence-electron chi connectivity index (χ1n) is 7.39. The third-order valence-electron chi connectivity index (χ3n) is 4.09. The molecule has 3 rings (SSSR count). The fourth-order valence-electron chi connectivity index (χ4n) is 3.10. The number of rotatable bonds is 4. The zero-order chi connectivity index (χ0) is 15.9. The van der Waals surface area contributed by atoms with Crippen molar-refractivity contribution >= 4 is 21.9 Å². The summed E-state index contributed by atoms with van der Waals surface area (Å²) in [7, 11) is 0. The van der Waals surface area contributed by atoms with E-state index in [0.29, 0.717) is 18.7 Å². The Balaban J connectivity index is 2.31. The number of hydrogen-bond acceptors (Lipinski definition) is 5. The Morgan fingerprint density at radius 3 is 2.64 bits per heavy atom. The molecule has 2 aromatic heterocycles. The molecule has 0 aliphatic rings. The quantitative estimate of drug-likeness (QED) is 0.571. The van der Waals surface area contributed by atoms with Gasteiger partial charge in [-0.2, -0.15) is 0 Å². The lowest BCUT2D eigenvalue weighted by molar-refractivity contribution is 0.554. The predicted octanol–water partition coefficient (Wildman–Crippen LogP) is 2.51. The molecule has 0 aliphatic heterocycles. The van der Waals surface area contributed by atoms with Crippen LogP contribution >= 0.6 is 0 Å². The van der Waals surface area contributed by atoms with Gasteiger partial charge in [0.05, 0.1) is 6.26 Å². The van der Waals surface area contributed by atoms with E-state index >= 15 is 0 Å². The van der Waals surface area contributed by atoms with Gasteiger partial charge in [0.1, 0.15) is 11.2 Å². The van der Waals surface area contributed by atoms with E-state index in [1.54, 1.807) is 6.26 Å². The van der Waals surface area contributed by atoms with E-state index in [1.807, 2.05) is 20.8 Å². The van der Waals surface area contributed by atoms with Crippen LogP contribution in [-0.4, -0.2) is 13.1 Å². The third-order valence-corrected chi connectivity index (χ3v) is 4.09. The first kappa shape index (κ1) is 14.8. The highest BCUT2D eigenvalue weighted by atomic mass is 16.4. The van der Waals surface area contributed by atoms with Crippen LogP contribution in [0, 0.1) is 20.8 Å². The first-order valence-corrected chi connectivity index (χ1v) is 7.39. The third kappa shape index (κ3) is 2.23. The van der Waals surface area contributed by atoms with Crippen molar-refractivity contribution in [3.05, 3.63) is 45.0 Å². The Hall–Kier alpha value is -2.11. The van der Waals surface area contributed by atoms with Crippen LogP contribution in [0.15, 0.2) is 26.0 Å². The molecule has 0 amide bonds. The van der Waals surface area contributed by atoms with Gasteiger partial charge >= 0.3 is 5.63 Å². The summed E-state index contributed by atoms with van der Waals surface area (Å²) < 4.78 is 11.2. The van der Waals surface area contributed by atoms with Crippen LogP contribution in [-0.2, 0) is 6.54 Å². The number of furan rings is 1. The standard InChI is InChI=1S/C17H20N2O3/c1-9-6-13(20)22-17-11(3)16-15(10(2)14(9)17)12(8-21-16)7-19-5-4-18/h6,8,19H,4-5,7,18H2,1-3H3. The van der Waals surface area contributed by atoms with E-state index in [-0.39, 0.29) is 5.63 Å². The molecule has 0 fully saturated rings. The Morgan fingerprint density at radius 1 is 1.14 bits per heavy atom. The lowest BCUT2D eigenvalue weighted by Gasteiger charge is -2.10. The summed E-state index contributed by atoms with van der Waals surface area (Å²) in [5.74, 6) is 0. The van der Waals surface area contributed by atoms with Gasteiger partial charge in [0.25, 0.3) is 0 Å². The molecule has 2 heterocycles. The van der Waals surface area contributed by atoms with Gasteiger partial charge in [-0.1, -0.05) is 0 Å². The average molecular weight is 300 g/mol. The fraction of sp³-hybridized carbons (Fsp3) is 0.353. The minimum Gasteiger partial charge on any atom is -0.464 e. The molecule has 1 aromatic carbocycles. The Bertz CT molecular complexity index is 906. The van der Waals surface area contributed by atoms with Crippen LogP contribution < -0.4 is 16.7 Å². The molecule has 22 heavy (non-hydrogen) atoms. The number of benzene rings is 1. The van der Waals surface area contributed by atoms with Gasteiger partial charge in [0.2, 0.25) is 0 Å². The van der Waals surface area contributed by atoms with Crippen molar-refractivity contribution in [1.82, 2.24) is 5.32 Å². The summed E-state index contributed by atoms with van der Waals surface area (Å²) in [5.41, 5.74) is 10.5. The van der Waals surface area contributed by atoms with Crippen LogP contribution in [0.25, 0.3) is 21.9 Å². The van der Waals surface area contributed by atoms with Crippen LogP contribution in [0.1, 0.15) is 22.3 Å². The molecule has 3 aromatic rings. The van der Waals surface area contributed by atoms with Gasteiger partial charge in [-0.25, -0.2) is 4.79 Å². The van der Waals surface area contributed by atoms with Crippen LogP contribution in [0.2, 0.25) is 0 Å². The second kappa shape index (κ2) is 5.59. The van der Waals surface area contributed by atoms with Crippen LogP contribution in [0.3, 0.4) is 0 Å². The van der Waals surface area contributed by atoms with Crippen molar-refractivity contribution in [3.63, 3.8) is 0 Å². The van der Waals surface area contributed by atoms with E-state index in [1.165, 1.54) is 6.07 Å². The summed E-state index contributed by atoms with van der Waals surface area (Å²) in [4.78, 5) is 11.7. The lowest BCUT2D eigenvalue weighted by Crippen LogP contribution is -2.21. The molecule has 0 spiro atoms. The van der Waals surface area contributed by atoms with Gasteiger partial charge < -0.3 is 19.9 Å². The van der Waals surface area contributed by atoms with E-state index in [2.05, 4.69) is 5.32 Å². The molecule has 0 saturated heterocycles. The Kier molecular flexibility index (Phi) is 3.76. The average Bonchev–Trinajstić information content (AvgIpc) is 2.89. The van der Waals surface area contributed by atoms with Gasteiger partial charge in [0, 0.05) is 47.6 Å². The summed E-state index contributed by atoms with van der Waals surface area (Å²) in [5, 5.41) is 5.37. The molecule has 3 N–H and O–H groups in total. The molecular weight excluding hydrogens is 280 g/mol. The molecule has 0 aliphatic carbocycles. The number of hydrogen-bond donors (Lipinski definition) is 2. The van der Waals surface area contributed by atoms with Gasteiger partial charge in [0.15, 0.2) is 0 Å². The van der Waals surface area contributed by atoms with Crippen molar-refractivity contribution in [2.75, 3.05) is 13.1 Å². The van der Waals surface area contributed by atoms with Crippen molar-refractivity contribution in [2.24, 2.45) is 5.73 Å². The summed E-state index contributed by atoms with van der Waals surface area (Å²) in [6, 6.07) is 1.53. The predicted molar refractivity (Wildman–Crippen MR) is 87.2 cm³/mol. The maximum absolute atomic E-state index is 11.7. The molecule has 0 bridgehead atoms. The molecular formula is C17H20N2O3. The number of nitrogens with two attached hydrogens (primary N) is 1. The summed E-state index contributed by atoms with van der Waals surface area (Å²) in [6.45, 7) is 7.95. The van der Waals surface area contributed by atoms with E-state index in [0.717, 1.165) is 45.2 Å². The van der Waals surface area contributed by atoms with Crippen LogP contribution in [0.4, 0.5) is 0 Å². The lowest BCUT2D eigenvalue weighted by atomic mass is 9.97. The zero-order valence-electron chi connectivity index (χ0n) is 13.1. The Morgan fingerprint density at radius 2 is 1.91 bits per heavy atom. The second-order valence-corrected chi connectivity index (χ2v) is 5.63. The number of aryl methyl sites for hydroxylation is 3. The maximum Gasteiger partial charge on any atom is 0.336 e. The zero-order valence-corrected chi connectivity index (χ0v) is 13.1. The van der Waals surface area contributed by atoms with E-state index < -0.39 is 0 Å². The van der Waals surface area contributed by atoms with Crippen LogP contribution in [0.5, 0.6) is 0 Å². The molecule has 0 saturated carbocycles. The van der Waals surface area contributed by atoms with E-state index in [4.69, 9.17) is 14.6 Å². The molecule has 5 heteroatoms. The first-order chi connectivity index (χ1) is 10.5. The van der Waals surface area contributed by atoms with Crippen molar-refractivity contribution < 1.29 is 8.83 Å². The topological polar surface area (TPSA) is 81.4 Å². The minimum absolute atomic E-state index is 0.330. The minimum atomic E-state index is -0.330. The largest absolute Gasteiger partial charge is 0.464 e. The summed E-state index contributed by atoms with van der Waals surface area (Å²) in [6.07, 6.45) is 1.76. The smallest absolute Gasteiger partial charge is 0.336 e. The van der Waals surface area contributed by atoms with Crippen molar-refractivity contribution in [3.8, 4) is 0 Å². The van der Waals surface area contributed by atoms with Crippen molar-refractivity contribution in [2.45, 2.75) is 27.3 Å². The molecule has 0 unspecified atom stereocenters. The van der Waals surface area contributed by atoms with Crippen molar-refractivity contribution in [1.29, 1.82) is 0 Å². The highest BCUT2D eigenvalue weighted by Crippen LogP contribution is 2.35. The molecule has 0 radical (unpaired) electrons. The number of nitrogens with one attached hydrogen (secondary N) is 1. The Labute approximate surface area is 128 Å². The molecule has 5 nitrogen and oxygen atoms in total. The number of fused-ring (bicyclic) bond motifs is 2. The molecule has 0 atom stereocenters. The fourth-order valence-corrected chi connectivity index (χ4v) is 3.10. The monoisotopic (exact) mass is 300 g/mol. The highest BCUT2D eigenvalue weighted by Gasteiger charge is 2.18. The second-order valence-electron chi connectivity index (χ2n) is 5.63. The summed E-state index contributed by atoms with van der Waals surface area (Å²) >= 11 is 0. The van der Waals surface area contributed by atoms with Gasteiger partial charge in [-0.15, -0.1) is 0 Å². The van der Waals surface area contributed by atoms with E-state index in [9.17, 15) is 4.79 Å². The normalized spacial score (nSPS) is 11.6. The van der Waals surface area contributed by atoms with Gasteiger partial charge in [-0.05, 0) is 31.9 Å². The SMILES string of the molecule is Cc1c2oc(=O)cc(C)c2c(C)c2c(CNCCN)coc12.